The van der Waals surface area contributed by atoms with Crippen molar-refractivity contribution in [2.75, 3.05) is 20.3 Å². The molecule has 0 spiro atoms. The predicted molar refractivity (Wildman–Crippen MR) is 62.8 cm³/mol. The molecule has 0 saturated carbocycles. The standard InChI is InChI=1S/C13H15FO4/c1-17-8-9-18-13(16)7-6-12(15)10-2-4-11(14)5-3-10/h2-5H,6-9H2,1H3. The van der Waals surface area contributed by atoms with E-state index in [4.69, 9.17) is 9.47 Å². The van der Waals surface area contributed by atoms with E-state index < -0.39 is 11.8 Å². The number of Topliss-reactive ketones (excluding diaryl/α,β-unsaturated/α-hetero) is 1. The number of carbonyl (C=O) groups excluding carboxylic acids is 2. The van der Waals surface area contributed by atoms with Gasteiger partial charge in [0.05, 0.1) is 13.0 Å². The number of ketones is 1. The summed E-state index contributed by atoms with van der Waals surface area (Å²) in [5, 5.41) is 0. The van der Waals surface area contributed by atoms with Crippen molar-refractivity contribution in [1.29, 1.82) is 0 Å². The minimum absolute atomic E-state index is 0.0138. The van der Waals surface area contributed by atoms with Crippen LogP contribution in [-0.4, -0.2) is 32.1 Å². The summed E-state index contributed by atoms with van der Waals surface area (Å²) in [4.78, 5) is 22.9. The minimum atomic E-state index is -0.442. The molecule has 5 heteroatoms. The number of carbonyl (C=O) groups is 2. The first-order valence-corrected chi connectivity index (χ1v) is 5.57. The molecule has 0 radical (unpaired) electrons. The lowest BCUT2D eigenvalue weighted by atomic mass is 10.1. The third kappa shape index (κ3) is 5.05. The molecule has 0 aliphatic heterocycles. The van der Waals surface area contributed by atoms with E-state index in [0.29, 0.717) is 12.2 Å². The van der Waals surface area contributed by atoms with Crippen molar-refractivity contribution in [3.63, 3.8) is 0 Å². The van der Waals surface area contributed by atoms with Crippen molar-refractivity contribution in [3.8, 4) is 0 Å². The second-order valence-corrected chi connectivity index (χ2v) is 3.64. The highest BCUT2D eigenvalue weighted by Gasteiger charge is 2.10. The van der Waals surface area contributed by atoms with Crippen LogP contribution in [0.1, 0.15) is 23.2 Å². The summed E-state index contributed by atoms with van der Waals surface area (Å²) < 4.78 is 22.2. The molecule has 18 heavy (non-hydrogen) atoms. The van der Waals surface area contributed by atoms with Crippen LogP contribution < -0.4 is 0 Å². The van der Waals surface area contributed by atoms with Crippen LogP contribution in [0.15, 0.2) is 24.3 Å². The topological polar surface area (TPSA) is 52.6 Å². The van der Waals surface area contributed by atoms with E-state index in [1.807, 2.05) is 0 Å². The Labute approximate surface area is 105 Å². The van der Waals surface area contributed by atoms with Crippen LogP contribution in [0.4, 0.5) is 4.39 Å². The van der Waals surface area contributed by atoms with Crippen LogP contribution in [0.5, 0.6) is 0 Å². The molecule has 0 unspecified atom stereocenters. The van der Waals surface area contributed by atoms with E-state index >= 15 is 0 Å². The van der Waals surface area contributed by atoms with Crippen LogP contribution in [-0.2, 0) is 14.3 Å². The summed E-state index contributed by atoms with van der Waals surface area (Å²) in [6.07, 6.45) is 0.0668. The number of hydrogen-bond donors (Lipinski definition) is 0. The molecule has 4 nitrogen and oxygen atoms in total. The zero-order chi connectivity index (χ0) is 13.4. The lowest BCUT2D eigenvalue weighted by molar-refractivity contribution is -0.144. The van der Waals surface area contributed by atoms with Crippen molar-refractivity contribution < 1.29 is 23.5 Å². The number of ether oxygens (including phenoxy) is 2. The summed E-state index contributed by atoms with van der Waals surface area (Å²) >= 11 is 0. The maximum Gasteiger partial charge on any atom is 0.306 e. The van der Waals surface area contributed by atoms with Gasteiger partial charge in [-0.3, -0.25) is 9.59 Å². The molecule has 0 aliphatic carbocycles. The predicted octanol–water partition coefficient (Wildman–Crippen LogP) is 1.98. The monoisotopic (exact) mass is 254 g/mol. The van der Waals surface area contributed by atoms with Gasteiger partial charge in [0, 0.05) is 19.1 Å². The molecule has 0 heterocycles. The Kier molecular flexibility index (Phi) is 6.00. The van der Waals surface area contributed by atoms with Crippen molar-refractivity contribution >= 4 is 11.8 Å². The van der Waals surface area contributed by atoms with Gasteiger partial charge in [-0.05, 0) is 24.3 Å². The van der Waals surface area contributed by atoms with Crippen LogP contribution >= 0.6 is 0 Å². The number of hydrogen-bond acceptors (Lipinski definition) is 4. The Morgan fingerprint density at radius 2 is 1.78 bits per heavy atom. The van der Waals surface area contributed by atoms with Gasteiger partial charge in [-0.25, -0.2) is 4.39 Å². The van der Waals surface area contributed by atoms with Crippen molar-refractivity contribution in [1.82, 2.24) is 0 Å². The number of halogens is 1. The van der Waals surface area contributed by atoms with Crippen LogP contribution in [0.2, 0.25) is 0 Å². The van der Waals surface area contributed by atoms with Gasteiger partial charge in [-0.1, -0.05) is 0 Å². The highest BCUT2D eigenvalue weighted by molar-refractivity contribution is 5.97. The van der Waals surface area contributed by atoms with Gasteiger partial charge in [0.15, 0.2) is 5.78 Å². The van der Waals surface area contributed by atoms with Gasteiger partial charge >= 0.3 is 5.97 Å². The Bertz CT molecular complexity index is 400. The fourth-order valence-corrected chi connectivity index (χ4v) is 1.31. The normalized spacial score (nSPS) is 10.1. The first-order chi connectivity index (χ1) is 8.63. The summed E-state index contributed by atoms with van der Waals surface area (Å²) in [6.45, 7) is 0.512. The molecule has 0 atom stereocenters. The molecular weight excluding hydrogens is 239 g/mol. The average Bonchev–Trinajstić information content (AvgIpc) is 2.37. The average molecular weight is 254 g/mol. The molecule has 0 aliphatic rings. The SMILES string of the molecule is COCCOC(=O)CCC(=O)c1ccc(F)cc1. The van der Waals surface area contributed by atoms with Gasteiger partial charge < -0.3 is 9.47 Å². The van der Waals surface area contributed by atoms with Crippen molar-refractivity contribution in [2.45, 2.75) is 12.8 Å². The molecule has 0 N–H and O–H groups in total. The molecule has 0 saturated heterocycles. The largest absolute Gasteiger partial charge is 0.463 e. The Morgan fingerprint density at radius 1 is 1.11 bits per heavy atom. The third-order valence-corrected chi connectivity index (χ3v) is 2.27. The summed E-state index contributed by atoms with van der Waals surface area (Å²) in [7, 11) is 1.51. The van der Waals surface area contributed by atoms with E-state index in [1.165, 1.54) is 31.4 Å². The number of benzene rings is 1. The third-order valence-electron chi connectivity index (χ3n) is 2.27. The molecule has 0 fully saturated rings. The number of esters is 1. The second-order valence-electron chi connectivity index (χ2n) is 3.64. The fourth-order valence-electron chi connectivity index (χ4n) is 1.31. The van der Waals surface area contributed by atoms with Crippen LogP contribution in [0.3, 0.4) is 0 Å². The van der Waals surface area contributed by atoms with E-state index in [1.54, 1.807) is 0 Å². The molecule has 1 aromatic carbocycles. The minimum Gasteiger partial charge on any atom is -0.463 e. The van der Waals surface area contributed by atoms with E-state index in [0.717, 1.165) is 0 Å². The second kappa shape index (κ2) is 7.55. The highest BCUT2D eigenvalue weighted by atomic mass is 19.1. The van der Waals surface area contributed by atoms with Gasteiger partial charge in [0.2, 0.25) is 0 Å². The maximum absolute atomic E-state index is 12.6. The van der Waals surface area contributed by atoms with E-state index in [9.17, 15) is 14.0 Å². The van der Waals surface area contributed by atoms with Crippen molar-refractivity contribution in [3.05, 3.63) is 35.6 Å². The molecule has 98 valence electrons. The Balaban J connectivity index is 2.32. The molecule has 0 amide bonds. The molecule has 0 bridgehead atoms. The Morgan fingerprint density at radius 3 is 2.39 bits per heavy atom. The zero-order valence-electron chi connectivity index (χ0n) is 10.1. The van der Waals surface area contributed by atoms with Gasteiger partial charge in [-0.2, -0.15) is 0 Å². The quantitative estimate of drug-likeness (QED) is 0.424. The van der Waals surface area contributed by atoms with Crippen LogP contribution in [0.25, 0.3) is 0 Å². The maximum atomic E-state index is 12.6. The highest BCUT2D eigenvalue weighted by Crippen LogP contribution is 2.07. The summed E-state index contributed by atoms with van der Waals surface area (Å²) in [6, 6.07) is 5.22. The lowest BCUT2D eigenvalue weighted by Crippen LogP contribution is -2.11. The molecule has 1 rings (SSSR count). The van der Waals surface area contributed by atoms with Gasteiger partial charge in [0.25, 0.3) is 0 Å². The molecular formula is C13H15FO4. The molecule has 0 aromatic heterocycles. The van der Waals surface area contributed by atoms with Crippen molar-refractivity contribution in [2.24, 2.45) is 0 Å². The summed E-state index contributed by atoms with van der Waals surface area (Å²) in [5.74, 6) is -1.05. The lowest BCUT2D eigenvalue weighted by Gasteiger charge is -2.03. The van der Waals surface area contributed by atoms with E-state index in [-0.39, 0.29) is 25.2 Å². The van der Waals surface area contributed by atoms with Gasteiger partial charge in [0.1, 0.15) is 12.4 Å². The zero-order valence-corrected chi connectivity index (χ0v) is 10.1. The number of methoxy groups -OCH3 is 1. The first-order valence-electron chi connectivity index (χ1n) is 5.57. The van der Waals surface area contributed by atoms with Crippen LogP contribution in [0, 0.1) is 5.82 Å². The fraction of sp³-hybridized carbons (Fsp3) is 0.385. The smallest absolute Gasteiger partial charge is 0.306 e. The van der Waals surface area contributed by atoms with E-state index in [2.05, 4.69) is 0 Å². The first kappa shape index (κ1) is 14.3. The molecule has 1 aromatic rings. The summed E-state index contributed by atoms with van der Waals surface area (Å²) in [5.41, 5.74) is 0.390. The van der Waals surface area contributed by atoms with Gasteiger partial charge in [-0.15, -0.1) is 0 Å². The Hall–Kier alpha value is -1.75. The number of rotatable bonds is 7.